The quantitative estimate of drug-likeness (QED) is 0.768. The Kier molecular flexibility index (Phi) is 5.70. The molecule has 0 aliphatic carbocycles. The summed E-state index contributed by atoms with van der Waals surface area (Å²) in [5.41, 5.74) is 1.40. The van der Waals surface area contributed by atoms with Crippen LogP contribution in [0.15, 0.2) is 24.3 Å². The third-order valence-corrected chi connectivity index (χ3v) is 4.89. The van der Waals surface area contributed by atoms with Crippen LogP contribution in [0.5, 0.6) is 0 Å². The van der Waals surface area contributed by atoms with Gasteiger partial charge in [-0.3, -0.25) is 0 Å². The van der Waals surface area contributed by atoms with Crippen LogP contribution in [0.1, 0.15) is 5.56 Å². The summed E-state index contributed by atoms with van der Waals surface area (Å²) in [6.07, 6.45) is 1.16. The normalized spacial score (nSPS) is 13.7. The topological polar surface area (TPSA) is 12.0 Å². The van der Waals surface area contributed by atoms with Gasteiger partial charge in [0.25, 0.3) is 0 Å². The summed E-state index contributed by atoms with van der Waals surface area (Å²) >= 11 is 5.91. The summed E-state index contributed by atoms with van der Waals surface area (Å²) in [6, 6.07) is 9.64. The highest BCUT2D eigenvalue weighted by atomic mass is 35.5. The third-order valence-electron chi connectivity index (χ3n) is 2.83. The zero-order valence-corrected chi connectivity index (χ0v) is 13.1. The van der Waals surface area contributed by atoms with Crippen LogP contribution in [0, 0.1) is 5.92 Å². The van der Waals surface area contributed by atoms with Crippen LogP contribution >= 0.6 is 11.6 Å². The van der Waals surface area contributed by atoms with E-state index < -0.39 is 8.07 Å². The number of benzene rings is 1. The molecule has 3 heteroatoms. The third kappa shape index (κ3) is 6.25. The second kappa shape index (κ2) is 6.57. The molecule has 1 aromatic carbocycles. The van der Waals surface area contributed by atoms with E-state index in [1.807, 2.05) is 19.2 Å². The number of halogens is 1. The van der Waals surface area contributed by atoms with Gasteiger partial charge in [-0.05, 0) is 43.6 Å². The molecule has 0 aliphatic rings. The second-order valence-corrected chi connectivity index (χ2v) is 12.0. The standard InChI is InChI=1S/C14H24ClNSi/c1-16-10-13(11-17(2,3)4)9-12-5-7-14(15)8-6-12/h5-8,13,16H,9-11H2,1-4H3. The van der Waals surface area contributed by atoms with E-state index >= 15 is 0 Å². The van der Waals surface area contributed by atoms with Crippen LogP contribution in [-0.2, 0) is 6.42 Å². The van der Waals surface area contributed by atoms with Gasteiger partial charge < -0.3 is 5.32 Å². The molecule has 1 unspecified atom stereocenters. The van der Waals surface area contributed by atoms with Gasteiger partial charge in [-0.25, -0.2) is 0 Å². The Balaban J connectivity index is 2.63. The van der Waals surface area contributed by atoms with Crippen molar-refractivity contribution in [2.24, 2.45) is 5.92 Å². The highest BCUT2D eigenvalue weighted by molar-refractivity contribution is 6.76. The molecule has 1 atom stereocenters. The average molecular weight is 270 g/mol. The van der Waals surface area contributed by atoms with E-state index in [4.69, 9.17) is 11.6 Å². The fourth-order valence-corrected chi connectivity index (χ4v) is 4.47. The lowest BCUT2D eigenvalue weighted by Gasteiger charge is -2.24. The lowest BCUT2D eigenvalue weighted by Crippen LogP contribution is -2.30. The largest absolute Gasteiger partial charge is 0.319 e. The molecule has 1 N–H and O–H groups in total. The van der Waals surface area contributed by atoms with Crippen molar-refractivity contribution in [3.8, 4) is 0 Å². The molecule has 1 rings (SSSR count). The van der Waals surface area contributed by atoms with Crippen LogP contribution in [0.3, 0.4) is 0 Å². The predicted molar refractivity (Wildman–Crippen MR) is 80.7 cm³/mol. The first-order chi connectivity index (χ1) is 7.90. The molecule has 0 spiro atoms. The van der Waals surface area contributed by atoms with Gasteiger partial charge in [0.2, 0.25) is 0 Å². The predicted octanol–water partition coefficient (Wildman–Crippen LogP) is 4.06. The average Bonchev–Trinajstić information content (AvgIpc) is 2.19. The molecule has 0 saturated heterocycles. The minimum atomic E-state index is -0.988. The zero-order chi connectivity index (χ0) is 12.9. The van der Waals surface area contributed by atoms with Crippen molar-refractivity contribution >= 4 is 19.7 Å². The number of rotatable bonds is 6. The maximum Gasteiger partial charge on any atom is 0.0446 e. The minimum absolute atomic E-state index is 0.743. The van der Waals surface area contributed by atoms with Crippen molar-refractivity contribution in [2.45, 2.75) is 32.1 Å². The van der Waals surface area contributed by atoms with Crippen LogP contribution in [0.2, 0.25) is 30.7 Å². The van der Waals surface area contributed by atoms with Crippen LogP contribution in [-0.4, -0.2) is 21.7 Å². The van der Waals surface area contributed by atoms with Gasteiger partial charge >= 0.3 is 0 Å². The molecule has 0 amide bonds. The van der Waals surface area contributed by atoms with Crippen molar-refractivity contribution in [3.63, 3.8) is 0 Å². The van der Waals surface area contributed by atoms with Gasteiger partial charge in [0.1, 0.15) is 0 Å². The Morgan fingerprint density at radius 3 is 2.24 bits per heavy atom. The van der Waals surface area contributed by atoms with E-state index in [-0.39, 0.29) is 0 Å². The Morgan fingerprint density at radius 1 is 1.18 bits per heavy atom. The summed E-state index contributed by atoms with van der Waals surface area (Å²) in [6.45, 7) is 8.43. The fraction of sp³-hybridized carbons (Fsp3) is 0.571. The molecule has 0 fully saturated rings. The molecule has 96 valence electrons. The first kappa shape index (κ1) is 14.7. The lowest BCUT2D eigenvalue weighted by molar-refractivity contribution is 0.535. The van der Waals surface area contributed by atoms with Gasteiger partial charge in [0, 0.05) is 13.1 Å². The minimum Gasteiger partial charge on any atom is -0.319 e. The van der Waals surface area contributed by atoms with Crippen LogP contribution < -0.4 is 5.32 Å². The molecular formula is C14H24ClNSi. The molecule has 0 aliphatic heterocycles. The van der Waals surface area contributed by atoms with E-state index in [1.165, 1.54) is 11.6 Å². The number of nitrogens with one attached hydrogen (secondary N) is 1. The van der Waals surface area contributed by atoms with E-state index in [0.717, 1.165) is 23.9 Å². The second-order valence-electron chi connectivity index (χ2n) is 6.02. The molecular weight excluding hydrogens is 246 g/mol. The van der Waals surface area contributed by atoms with Crippen LogP contribution in [0.25, 0.3) is 0 Å². The monoisotopic (exact) mass is 269 g/mol. The summed E-state index contributed by atoms with van der Waals surface area (Å²) in [7, 11) is 1.05. The fourth-order valence-electron chi connectivity index (χ4n) is 2.33. The maximum absolute atomic E-state index is 5.91. The maximum atomic E-state index is 5.91. The van der Waals surface area contributed by atoms with Crippen molar-refractivity contribution in [2.75, 3.05) is 13.6 Å². The Morgan fingerprint density at radius 2 is 1.76 bits per heavy atom. The molecule has 1 aromatic rings. The van der Waals surface area contributed by atoms with Crippen molar-refractivity contribution in [3.05, 3.63) is 34.9 Å². The summed E-state index contributed by atoms with van der Waals surface area (Å²) in [5, 5.41) is 4.14. The van der Waals surface area contributed by atoms with Crippen LogP contribution in [0.4, 0.5) is 0 Å². The van der Waals surface area contributed by atoms with Crippen molar-refractivity contribution < 1.29 is 0 Å². The molecule has 0 heterocycles. The molecule has 17 heavy (non-hydrogen) atoms. The van der Waals surface area contributed by atoms with Gasteiger partial charge in [-0.15, -0.1) is 0 Å². The first-order valence-corrected chi connectivity index (χ1v) is 10.4. The lowest BCUT2D eigenvalue weighted by atomic mass is 10.0. The zero-order valence-electron chi connectivity index (χ0n) is 11.4. The van der Waals surface area contributed by atoms with Gasteiger partial charge in [-0.2, -0.15) is 0 Å². The van der Waals surface area contributed by atoms with Gasteiger partial charge in [-0.1, -0.05) is 49.4 Å². The van der Waals surface area contributed by atoms with E-state index in [0.29, 0.717) is 0 Å². The van der Waals surface area contributed by atoms with E-state index in [1.54, 1.807) is 0 Å². The molecule has 0 saturated carbocycles. The SMILES string of the molecule is CNCC(Cc1ccc(Cl)cc1)C[Si](C)(C)C. The van der Waals surface area contributed by atoms with Gasteiger partial charge in [0.05, 0.1) is 0 Å². The smallest absolute Gasteiger partial charge is 0.0446 e. The Hall–Kier alpha value is -0.313. The van der Waals surface area contributed by atoms with Crippen molar-refractivity contribution in [1.82, 2.24) is 5.32 Å². The molecule has 0 bridgehead atoms. The van der Waals surface area contributed by atoms with E-state index in [9.17, 15) is 0 Å². The first-order valence-electron chi connectivity index (χ1n) is 6.30. The summed E-state index contributed by atoms with van der Waals surface area (Å²) in [4.78, 5) is 0. The Labute approximate surface area is 112 Å². The number of hydrogen-bond acceptors (Lipinski definition) is 1. The van der Waals surface area contributed by atoms with E-state index in [2.05, 4.69) is 37.1 Å². The number of hydrogen-bond donors (Lipinski definition) is 1. The Bertz CT molecular complexity index is 329. The highest BCUT2D eigenvalue weighted by Gasteiger charge is 2.20. The molecule has 0 radical (unpaired) electrons. The highest BCUT2D eigenvalue weighted by Crippen LogP contribution is 2.21. The summed E-state index contributed by atoms with van der Waals surface area (Å²) < 4.78 is 0. The van der Waals surface area contributed by atoms with Gasteiger partial charge in [0.15, 0.2) is 0 Å². The molecule has 1 nitrogen and oxygen atoms in total. The molecule has 0 aromatic heterocycles. The summed E-state index contributed by atoms with van der Waals surface area (Å²) in [5.74, 6) is 0.743. The van der Waals surface area contributed by atoms with Crippen molar-refractivity contribution in [1.29, 1.82) is 0 Å².